The highest BCUT2D eigenvalue weighted by molar-refractivity contribution is 7.89. The maximum absolute atomic E-state index is 13.1. The molecule has 3 aliphatic heterocycles. The zero-order chi connectivity index (χ0) is 25.5. The number of aryl methyl sites for hydroxylation is 2. The number of piperidine rings is 1. The minimum absolute atomic E-state index is 0.0159. The maximum atomic E-state index is 13.1. The molecule has 1 aromatic carbocycles. The number of sulfonamides is 1. The summed E-state index contributed by atoms with van der Waals surface area (Å²) in [6.07, 6.45) is 6.17. The molecule has 9 nitrogen and oxygen atoms in total. The number of hydrogen-bond acceptors (Lipinski definition) is 6. The molecule has 1 aromatic rings. The van der Waals surface area contributed by atoms with Crippen molar-refractivity contribution in [2.75, 3.05) is 30.4 Å². The van der Waals surface area contributed by atoms with E-state index in [1.54, 1.807) is 5.01 Å². The van der Waals surface area contributed by atoms with Crippen LogP contribution in [-0.2, 0) is 26.0 Å². The summed E-state index contributed by atoms with van der Waals surface area (Å²) < 4.78 is 27.8. The molecule has 0 unspecified atom stereocenters. The Morgan fingerprint density at radius 1 is 1.11 bits per heavy atom. The number of hydrogen-bond donors (Lipinski definition) is 2. The van der Waals surface area contributed by atoms with Crippen molar-refractivity contribution in [1.29, 1.82) is 0 Å². The van der Waals surface area contributed by atoms with E-state index in [0.29, 0.717) is 51.2 Å². The molecular formula is C26H37N5O4S. The van der Waals surface area contributed by atoms with Gasteiger partial charge in [-0.3, -0.25) is 14.6 Å². The zero-order valence-corrected chi connectivity index (χ0v) is 22.1. The van der Waals surface area contributed by atoms with Gasteiger partial charge in [0.25, 0.3) is 5.91 Å². The summed E-state index contributed by atoms with van der Waals surface area (Å²) in [5.74, 6) is 1.87. The third-order valence-corrected chi connectivity index (χ3v) is 10.3. The van der Waals surface area contributed by atoms with E-state index in [-0.39, 0.29) is 17.6 Å². The van der Waals surface area contributed by atoms with Gasteiger partial charge in [-0.2, -0.15) is 0 Å². The molecule has 10 heteroatoms. The van der Waals surface area contributed by atoms with Crippen LogP contribution in [0.4, 0.5) is 5.69 Å². The Balaban J connectivity index is 1.18. The van der Waals surface area contributed by atoms with E-state index in [2.05, 4.69) is 17.7 Å². The first-order valence-electron chi connectivity index (χ1n) is 13.2. The second-order valence-corrected chi connectivity index (χ2v) is 13.0. The molecule has 0 aromatic heterocycles. The van der Waals surface area contributed by atoms with Crippen LogP contribution in [0.1, 0.15) is 63.0 Å². The van der Waals surface area contributed by atoms with E-state index in [1.807, 2.05) is 25.1 Å². The van der Waals surface area contributed by atoms with E-state index >= 15 is 0 Å². The van der Waals surface area contributed by atoms with Gasteiger partial charge in [-0.05, 0) is 68.2 Å². The third-order valence-electron chi connectivity index (χ3n) is 8.42. The van der Waals surface area contributed by atoms with Gasteiger partial charge in [-0.25, -0.2) is 23.2 Å². The molecule has 196 valence electrons. The topological polar surface area (TPSA) is 111 Å². The molecule has 5 rings (SSSR count). The summed E-state index contributed by atoms with van der Waals surface area (Å²) in [5, 5.41) is 4.60. The third kappa shape index (κ3) is 4.95. The molecule has 1 spiro atoms. The number of aliphatic imine (C=N–C) groups is 1. The van der Waals surface area contributed by atoms with Crippen LogP contribution in [0, 0.1) is 18.8 Å². The van der Waals surface area contributed by atoms with Crippen LogP contribution in [0.2, 0.25) is 0 Å². The smallest absolute Gasteiger partial charge is 0.253 e. The summed E-state index contributed by atoms with van der Waals surface area (Å²) in [6.45, 7) is 5.47. The minimum atomic E-state index is -3.46. The molecule has 3 heterocycles. The Morgan fingerprint density at radius 3 is 2.47 bits per heavy atom. The van der Waals surface area contributed by atoms with Gasteiger partial charge in [0, 0.05) is 32.0 Å². The van der Waals surface area contributed by atoms with Crippen LogP contribution in [0.5, 0.6) is 0 Å². The van der Waals surface area contributed by atoms with Crippen molar-refractivity contribution in [3.8, 4) is 0 Å². The predicted octanol–water partition coefficient (Wildman–Crippen LogP) is 2.30. The molecular weight excluding hydrogens is 478 g/mol. The normalized spacial score (nSPS) is 26.9. The number of carbonyl (C=O) groups is 2. The second-order valence-electron chi connectivity index (χ2n) is 10.9. The second kappa shape index (κ2) is 9.87. The highest BCUT2D eigenvalue weighted by Crippen LogP contribution is 2.36. The van der Waals surface area contributed by atoms with Gasteiger partial charge < -0.3 is 5.32 Å². The number of nitrogens with one attached hydrogen (secondary N) is 2. The summed E-state index contributed by atoms with van der Waals surface area (Å²) in [7, 11) is -3.46. The van der Waals surface area contributed by atoms with Crippen molar-refractivity contribution in [2.45, 2.75) is 70.8 Å². The van der Waals surface area contributed by atoms with E-state index in [9.17, 15) is 18.0 Å². The van der Waals surface area contributed by atoms with Gasteiger partial charge in [-0.1, -0.05) is 25.8 Å². The largest absolute Gasteiger partial charge is 0.312 e. The number of hydrazine groups is 1. The molecule has 0 radical (unpaired) electrons. The zero-order valence-electron chi connectivity index (χ0n) is 21.3. The van der Waals surface area contributed by atoms with Crippen molar-refractivity contribution in [2.24, 2.45) is 16.8 Å². The van der Waals surface area contributed by atoms with Crippen molar-refractivity contribution in [3.05, 3.63) is 29.3 Å². The highest BCUT2D eigenvalue weighted by atomic mass is 32.2. The maximum Gasteiger partial charge on any atom is 0.253 e. The van der Waals surface area contributed by atoms with Crippen LogP contribution in [0.3, 0.4) is 0 Å². The lowest BCUT2D eigenvalue weighted by Crippen LogP contribution is -2.51. The fourth-order valence-electron chi connectivity index (χ4n) is 5.92. The van der Waals surface area contributed by atoms with Crippen molar-refractivity contribution < 1.29 is 18.0 Å². The van der Waals surface area contributed by atoms with Crippen LogP contribution in [0.25, 0.3) is 0 Å². The van der Waals surface area contributed by atoms with E-state index in [0.717, 1.165) is 54.3 Å². The number of carbonyl (C=O) groups excluding carboxylic acids is 2. The fourth-order valence-corrected chi connectivity index (χ4v) is 7.39. The molecule has 0 bridgehead atoms. The molecule has 0 atom stereocenters. The Labute approximate surface area is 213 Å². The highest BCUT2D eigenvalue weighted by Gasteiger charge is 2.48. The fraction of sp³-hybridized carbons (Fsp3) is 0.654. The quantitative estimate of drug-likeness (QED) is 0.604. The van der Waals surface area contributed by atoms with E-state index in [4.69, 9.17) is 4.99 Å². The van der Waals surface area contributed by atoms with Crippen LogP contribution in [-0.4, -0.2) is 61.3 Å². The lowest BCUT2D eigenvalue weighted by atomic mass is 9.82. The number of amides is 2. The molecule has 1 aliphatic carbocycles. The first kappa shape index (κ1) is 25.4. The van der Waals surface area contributed by atoms with Crippen LogP contribution >= 0.6 is 0 Å². The molecule has 3 fully saturated rings. The monoisotopic (exact) mass is 515 g/mol. The average Bonchev–Trinajstić information content (AvgIpc) is 3.42. The van der Waals surface area contributed by atoms with Gasteiger partial charge >= 0.3 is 0 Å². The lowest BCUT2D eigenvalue weighted by Gasteiger charge is -2.34. The summed E-state index contributed by atoms with van der Waals surface area (Å²) in [5.41, 5.74) is 4.94. The van der Waals surface area contributed by atoms with E-state index < -0.39 is 15.6 Å². The molecule has 2 amide bonds. The predicted molar refractivity (Wildman–Crippen MR) is 139 cm³/mol. The number of rotatable bonds is 6. The molecule has 1 saturated carbocycles. The first-order chi connectivity index (χ1) is 17.2. The number of benzene rings is 1. The van der Waals surface area contributed by atoms with Gasteiger partial charge in [0.2, 0.25) is 15.9 Å². The van der Waals surface area contributed by atoms with Gasteiger partial charge in [0.1, 0.15) is 11.4 Å². The van der Waals surface area contributed by atoms with Crippen molar-refractivity contribution in [3.63, 3.8) is 0 Å². The molecule has 2 N–H and O–H groups in total. The number of amidine groups is 1. The van der Waals surface area contributed by atoms with Gasteiger partial charge in [0.05, 0.1) is 11.4 Å². The number of anilines is 1. The summed E-state index contributed by atoms with van der Waals surface area (Å²) in [6, 6.07) is 5.69. The molecule has 4 aliphatic rings. The van der Waals surface area contributed by atoms with Gasteiger partial charge in [-0.15, -0.1) is 0 Å². The lowest BCUT2D eigenvalue weighted by molar-refractivity contribution is -0.125. The first-order valence-corrected chi connectivity index (χ1v) is 14.8. The molecule has 36 heavy (non-hydrogen) atoms. The standard InChI is InChI=1S/C26H37N5O4S/c1-18-3-5-21(6-4-18)24-28-25(33)26(29-24)11-14-30(15-12-26)36(34,35)16-10-20-7-8-22(17-19(20)2)31-23(32)9-13-27-31/h7-8,17-18,21,27H,3-6,9-16H2,1-2H3,(H,28,29,33)/t18-,21-. The summed E-state index contributed by atoms with van der Waals surface area (Å²) >= 11 is 0. The Hall–Kier alpha value is -2.30. The minimum Gasteiger partial charge on any atom is -0.312 e. The van der Waals surface area contributed by atoms with Crippen LogP contribution in [0.15, 0.2) is 23.2 Å². The Bertz CT molecular complexity index is 1160. The number of nitrogens with zero attached hydrogens (tertiary/aromatic N) is 3. The van der Waals surface area contributed by atoms with Crippen molar-refractivity contribution >= 4 is 33.4 Å². The van der Waals surface area contributed by atoms with Crippen molar-refractivity contribution in [1.82, 2.24) is 15.0 Å². The molecule has 2 saturated heterocycles. The van der Waals surface area contributed by atoms with E-state index in [1.165, 1.54) is 4.31 Å². The van der Waals surface area contributed by atoms with Gasteiger partial charge in [0.15, 0.2) is 0 Å². The summed E-state index contributed by atoms with van der Waals surface area (Å²) in [4.78, 5) is 29.7. The Morgan fingerprint density at radius 2 is 1.83 bits per heavy atom. The SMILES string of the molecule is Cc1cc(N2NCCC2=O)ccc1CCS(=O)(=O)N1CCC2(CC1)N=C([C@H]1CC[C@H](C)CC1)NC2=O. The van der Waals surface area contributed by atoms with Crippen LogP contribution < -0.4 is 15.8 Å². The Kier molecular flexibility index (Phi) is 6.95. The average molecular weight is 516 g/mol.